The van der Waals surface area contributed by atoms with E-state index in [9.17, 15) is 4.79 Å². The van der Waals surface area contributed by atoms with Gasteiger partial charge < -0.3 is 0 Å². The van der Waals surface area contributed by atoms with Crippen LogP contribution in [0.25, 0.3) is 0 Å². The highest BCUT2D eigenvalue weighted by Crippen LogP contribution is 2.18. The number of amides is 1. The fourth-order valence-electron chi connectivity index (χ4n) is 2.23. The summed E-state index contributed by atoms with van der Waals surface area (Å²) in [4.78, 5) is 18.2. The first kappa shape index (κ1) is 12.0. The molecule has 2 heterocycles. The van der Waals surface area contributed by atoms with E-state index < -0.39 is 0 Å². The van der Waals surface area contributed by atoms with Gasteiger partial charge in [0.2, 0.25) is 0 Å². The number of nitrogens with one attached hydrogen (secondary N) is 1. The summed E-state index contributed by atoms with van der Waals surface area (Å²) in [6.07, 6.45) is 2.92. The predicted molar refractivity (Wildman–Crippen MR) is 64.9 cm³/mol. The normalized spacial score (nSPS) is 20.5. The number of carbonyl (C=O) groups excluding carboxylic acids is 1. The number of hydrazine groups is 1. The summed E-state index contributed by atoms with van der Waals surface area (Å²) in [5.41, 5.74) is 3.52. The first-order chi connectivity index (χ1) is 8.20. The van der Waals surface area contributed by atoms with Crippen LogP contribution in [-0.4, -0.2) is 28.9 Å². The number of rotatable bonds is 3. The molecule has 2 rings (SSSR count). The summed E-state index contributed by atoms with van der Waals surface area (Å²) < 4.78 is 0. The molecule has 5 nitrogen and oxygen atoms in total. The lowest BCUT2D eigenvalue weighted by atomic mass is 10.1. The lowest BCUT2D eigenvalue weighted by Gasteiger charge is -2.16. The summed E-state index contributed by atoms with van der Waals surface area (Å²) in [6.45, 7) is 5.10. The zero-order chi connectivity index (χ0) is 12.3. The van der Waals surface area contributed by atoms with Gasteiger partial charge >= 0.3 is 0 Å². The minimum Gasteiger partial charge on any atom is -0.297 e. The average molecular weight is 234 g/mol. The molecule has 0 aromatic carbocycles. The summed E-state index contributed by atoms with van der Waals surface area (Å²) in [7, 11) is 0. The fourth-order valence-corrected chi connectivity index (χ4v) is 2.23. The van der Waals surface area contributed by atoms with Crippen molar-refractivity contribution in [3.8, 4) is 0 Å². The number of nitrogen functional groups attached to an aromatic ring is 1. The maximum atomic E-state index is 11.6. The molecule has 3 N–H and O–H groups in total. The summed E-state index contributed by atoms with van der Waals surface area (Å²) in [6, 6.07) is 3.50. The molecule has 1 atom stereocenters. The van der Waals surface area contributed by atoms with Gasteiger partial charge in [-0.3, -0.25) is 20.1 Å². The first-order valence-electron chi connectivity index (χ1n) is 5.88. The van der Waals surface area contributed by atoms with E-state index in [1.807, 2.05) is 0 Å². The van der Waals surface area contributed by atoms with Crippen molar-refractivity contribution in [1.29, 1.82) is 0 Å². The van der Waals surface area contributed by atoms with Gasteiger partial charge in [-0.05, 0) is 31.0 Å². The average Bonchev–Trinajstić information content (AvgIpc) is 2.74. The number of pyridine rings is 1. The van der Waals surface area contributed by atoms with Crippen LogP contribution in [0.5, 0.6) is 0 Å². The van der Waals surface area contributed by atoms with Crippen molar-refractivity contribution in [3.05, 3.63) is 29.6 Å². The lowest BCUT2D eigenvalue weighted by Crippen LogP contribution is -2.32. The third kappa shape index (κ3) is 2.81. The molecule has 0 saturated carbocycles. The van der Waals surface area contributed by atoms with Gasteiger partial charge in [0.25, 0.3) is 5.91 Å². The molecule has 17 heavy (non-hydrogen) atoms. The Bertz CT molecular complexity index is 407. The lowest BCUT2D eigenvalue weighted by molar-refractivity contribution is 0.0951. The van der Waals surface area contributed by atoms with E-state index in [-0.39, 0.29) is 5.91 Å². The number of nitrogens with two attached hydrogens (primary N) is 1. The van der Waals surface area contributed by atoms with Crippen LogP contribution in [0.1, 0.15) is 29.4 Å². The zero-order valence-electron chi connectivity index (χ0n) is 10.0. The Hall–Kier alpha value is -1.46. The van der Waals surface area contributed by atoms with Crippen LogP contribution in [0.2, 0.25) is 0 Å². The van der Waals surface area contributed by atoms with Crippen LogP contribution < -0.4 is 11.3 Å². The Morgan fingerprint density at radius 3 is 3.18 bits per heavy atom. The molecular weight excluding hydrogens is 216 g/mol. The highest BCUT2D eigenvalue weighted by atomic mass is 16.2. The molecule has 92 valence electrons. The number of likely N-dealkylation sites (tertiary alicyclic amines) is 1. The molecule has 0 radical (unpaired) electrons. The van der Waals surface area contributed by atoms with Crippen LogP contribution >= 0.6 is 0 Å². The summed E-state index contributed by atoms with van der Waals surface area (Å²) in [5, 5.41) is 0. The Kier molecular flexibility index (Phi) is 3.71. The molecule has 0 bridgehead atoms. The van der Waals surface area contributed by atoms with Gasteiger partial charge in [-0.15, -0.1) is 0 Å². The van der Waals surface area contributed by atoms with E-state index in [1.54, 1.807) is 18.3 Å². The highest BCUT2D eigenvalue weighted by molar-refractivity contribution is 5.94. The Balaban J connectivity index is 2.12. The van der Waals surface area contributed by atoms with E-state index in [0.717, 1.165) is 24.7 Å². The molecular formula is C12H18N4O. The molecule has 1 aliphatic heterocycles. The highest BCUT2D eigenvalue weighted by Gasteiger charge is 2.21. The van der Waals surface area contributed by atoms with E-state index in [2.05, 4.69) is 22.2 Å². The Labute approximate surface area is 101 Å². The first-order valence-corrected chi connectivity index (χ1v) is 5.88. The zero-order valence-corrected chi connectivity index (χ0v) is 10.0. The monoisotopic (exact) mass is 234 g/mol. The molecule has 1 aromatic heterocycles. The van der Waals surface area contributed by atoms with Crippen molar-refractivity contribution >= 4 is 5.91 Å². The molecule has 1 aliphatic rings. The molecule has 1 amide bonds. The number of aromatic nitrogens is 1. The maximum Gasteiger partial charge on any atom is 0.267 e. The van der Waals surface area contributed by atoms with Crippen LogP contribution in [-0.2, 0) is 6.54 Å². The number of hydrogen-bond donors (Lipinski definition) is 2. The molecule has 0 aliphatic carbocycles. The van der Waals surface area contributed by atoms with Gasteiger partial charge in [0, 0.05) is 19.3 Å². The predicted octanol–water partition coefficient (Wildman–Crippen LogP) is 0.527. The van der Waals surface area contributed by atoms with Gasteiger partial charge in [0.05, 0.1) is 11.3 Å². The summed E-state index contributed by atoms with van der Waals surface area (Å²) >= 11 is 0. The van der Waals surface area contributed by atoms with Gasteiger partial charge in [-0.2, -0.15) is 0 Å². The van der Waals surface area contributed by atoms with Crippen LogP contribution in [0, 0.1) is 5.92 Å². The van der Waals surface area contributed by atoms with Gasteiger partial charge in [0.15, 0.2) is 0 Å². The maximum absolute atomic E-state index is 11.6. The van der Waals surface area contributed by atoms with Crippen LogP contribution in [0.4, 0.5) is 0 Å². The van der Waals surface area contributed by atoms with Gasteiger partial charge in [0.1, 0.15) is 0 Å². The van der Waals surface area contributed by atoms with E-state index in [0.29, 0.717) is 12.1 Å². The molecule has 1 fully saturated rings. The van der Waals surface area contributed by atoms with Crippen molar-refractivity contribution in [3.63, 3.8) is 0 Å². The van der Waals surface area contributed by atoms with Crippen molar-refractivity contribution in [2.75, 3.05) is 13.1 Å². The van der Waals surface area contributed by atoms with Gasteiger partial charge in [-0.1, -0.05) is 6.92 Å². The molecule has 5 heteroatoms. The topological polar surface area (TPSA) is 71.2 Å². The minimum absolute atomic E-state index is 0.277. The Morgan fingerprint density at radius 1 is 1.71 bits per heavy atom. The van der Waals surface area contributed by atoms with E-state index in [4.69, 9.17) is 5.84 Å². The van der Waals surface area contributed by atoms with E-state index in [1.165, 1.54) is 6.42 Å². The number of hydrogen-bond acceptors (Lipinski definition) is 4. The largest absolute Gasteiger partial charge is 0.297 e. The second-order valence-corrected chi connectivity index (χ2v) is 4.60. The SMILES string of the molecule is CC1CCN(Cc2ncccc2C(=O)NN)C1. The summed E-state index contributed by atoms with van der Waals surface area (Å²) in [5.74, 6) is 5.61. The number of nitrogens with zero attached hydrogens (tertiary/aromatic N) is 2. The quantitative estimate of drug-likeness (QED) is 0.454. The van der Waals surface area contributed by atoms with Crippen molar-refractivity contribution in [2.45, 2.75) is 19.9 Å². The Morgan fingerprint density at radius 2 is 2.53 bits per heavy atom. The van der Waals surface area contributed by atoms with E-state index >= 15 is 0 Å². The third-order valence-corrected chi connectivity index (χ3v) is 3.15. The second-order valence-electron chi connectivity index (χ2n) is 4.60. The number of carbonyl (C=O) groups is 1. The standard InChI is InChI=1S/C12H18N4O/c1-9-4-6-16(7-9)8-11-10(12(17)15-13)3-2-5-14-11/h2-3,5,9H,4,6-8,13H2,1H3,(H,15,17). The van der Waals surface area contributed by atoms with Crippen LogP contribution in [0.15, 0.2) is 18.3 Å². The second kappa shape index (κ2) is 5.25. The molecule has 0 spiro atoms. The third-order valence-electron chi connectivity index (χ3n) is 3.15. The molecule has 1 aromatic rings. The molecule has 1 saturated heterocycles. The molecule has 1 unspecified atom stereocenters. The van der Waals surface area contributed by atoms with Gasteiger partial charge in [-0.25, -0.2) is 5.84 Å². The minimum atomic E-state index is -0.277. The van der Waals surface area contributed by atoms with Crippen molar-refractivity contribution in [2.24, 2.45) is 11.8 Å². The fraction of sp³-hybridized carbons (Fsp3) is 0.500. The van der Waals surface area contributed by atoms with Crippen LogP contribution in [0.3, 0.4) is 0 Å². The van der Waals surface area contributed by atoms with Crippen molar-refractivity contribution < 1.29 is 4.79 Å². The smallest absolute Gasteiger partial charge is 0.267 e. The van der Waals surface area contributed by atoms with Crippen molar-refractivity contribution in [1.82, 2.24) is 15.3 Å².